The number of carboxylic acids is 2. The van der Waals surface area contributed by atoms with Crippen molar-refractivity contribution in [3.05, 3.63) is 0 Å². The maximum Gasteiger partial charge on any atom is 0.401 e. The summed E-state index contributed by atoms with van der Waals surface area (Å²) in [7, 11) is 0. The van der Waals surface area contributed by atoms with Crippen LogP contribution in [0.3, 0.4) is 0 Å². The molecular weight excluding hydrogens is 243 g/mol. The van der Waals surface area contributed by atoms with E-state index in [4.69, 9.17) is 10.2 Å². The van der Waals surface area contributed by atoms with Gasteiger partial charge < -0.3 is 10.2 Å². The topological polar surface area (TPSA) is 77.8 Å². The molecule has 2 N–H and O–H groups in total. The number of hydrogen-bond acceptors (Lipinski definition) is 3. The van der Waals surface area contributed by atoms with Gasteiger partial charge in [-0.3, -0.25) is 14.5 Å². The summed E-state index contributed by atoms with van der Waals surface area (Å²) in [4.78, 5) is 22.5. The number of rotatable bonds is 3. The number of carbonyl (C=O) groups is 2. The summed E-state index contributed by atoms with van der Waals surface area (Å²) in [5.74, 6) is -5.05. The Bertz CT molecular complexity index is 318. The zero-order valence-electron chi connectivity index (χ0n) is 8.78. The lowest BCUT2D eigenvalue weighted by Crippen LogP contribution is -2.49. The molecule has 1 rings (SSSR count). The Balaban J connectivity index is 2.69. The molecule has 0 amide bonds. The van der Waals surface area contributed by atoms with Crippen LogP contribution in [0.15, 0.2) is 0 Å². The Labute approximate surface area is 94.8 Å². The largest absolute Gasteiger partial charge is 0.481 e. The van der Waals surface area contributed by atoms with E-state index in [1.807, 2.05) is 0 Å². The van der Waals surface area contributed by atoms with Crippen LogP contribution in [0.2, 0.25) is 0 Å². The van der Waals surface area contributed by atoms with Crippen molar-refractivity contribution in [2.45, 2.75) is 12.6 Å². The van der Waals surface area contributed by atoms with Crippen LogP contribution in [0.5, 0.6) is 0 Å². The Hall–Kier alpha value is -1.31. The Morgan fingerprint density at radius 3 is 2.12 bits per heavy atom. The van der Waals surface area contributed by atoms with Crippen molar-refractivity contribution in [1.82, 2.24) is 4.90 Å². The molecule has 2 unspecified atom stereocenters. The van der Waals surface area contributed by atoms with Gasteiger partial charge in [0, 0.05) is 6.54 Å². The Kier molecular flexibility index (Phi) is 3.97. The molecule has 0 spiro atoms. The van der Waals surface area contributed by atoms with Crippen LogP contribution in [0.1, 0.15) is 6.42 Å². The summed E-state index contributed by atoms with van der Waals surface area (Å²) in [6.07, 6.45) is -4.48. The van der Waals surface area contributed by atoms with Crippen molar-refractivity contribution in [2.75, 3.05) is 19.6 Å². The van der Waals surface area contributed by atoms with Gasteiger partial charge in [0.25, 0.3) is 0 Å². The van der Waals surface area contributed by atoms with Gasteiger partial charge in [0.05, 0.1) is 18.4 Å². The van der Waals surface area contributed by atoms with Gasteiger partial charge in [-0.2, -0.15) is 13.2 Å². The summed E-state index contributed by atoms with van der Waals surface area (Å²) in [6.45, 7) is -1.64. The second kappa shape index (κ2) is 4.91. The minimum Gasteiger partial charge on any atom is -0.481 e. The first kappa shape index (κ1) is 13.8. The Morgan fingerprint density at radius 1 is 1.18 bits per heavy atom. The first-order valence-corrected chi connectivity index (χ1v) is 4.95. The predicted octanol–water partition coefficient (Wildman–Crippen LogP) is 0.656. The molecule has 0 aromatic rings. The minimum atomic E-state index is -4.40. The summed E-state index contributed by atoms with van der Waals surface area (Å²) in [5, 5.41) is 17.6. The van der Waals surface area contributed by atoms with E-state index in [9.17, 15) is 22.8 Å². The third kappa shape index (κ3) is 3.88. The van der Waals surface area contributed by atoms with Crippen LogP contribution < -0.4 is 0 Å². The second-order valence-corrected chi connectivity index (χ2v) is 4.03. The van der Waals surface area contributed by atoms with E-state index >= 15 is 0 Å². The first-order chi connectivity index (χ1) is 7.70. The smallest absolute Gasteiger partial charge is 0.401 e. The molecule has 0 aromatic heterocycles. The minimum absolute atomic E-state index is 0.0553. The lowest BCUT2D eigenvalue weighted by Gasteiger charge is -2.34. The van der Waals surface area contributed by atoms with E-state index < -0.39 is 36.5 Å². The maximum absolute atomic E-state index is 12.1. The number of carboxylic acid groups (broad SMARTS) is 2. The highest BCUT2D eigenvalue weighted by atomic mass is 19.4. The lowest BCUT2D eigenvalue weighted by molar-refractivity contribution is -0.166. The van der Waals surface area contributed by atoms with Crippen molar-refractivity contribution in [3.8, 4) is 0 Å². The van der Waals surface area contributed by atoms with Crippen LogP contribution >= 0.6 is 0 Å². The average molecular weight is 255 g/mol. The van der Waals surface area contributed by atoms with E-state index in [1.165, 1.54) is 0 Å². The van der Waals surface area contributed by atoms with Crippen molar-refractivity contribution in [2.24, 2.45) is 11.8 Å². The number of aliphatic carboxylic acids is 2. The van der Waals surface area contributed by atoms with Crippen LogP contribution in [0.25, 0.3) is 0 Å². The number of nitrogens with zero attached hydrogens (tertiary/aromatic N) is 1. The number of hydrogen-bond donors (Lipinski definition) is 2. The molecule has 17 heavy (non-hydrogen) atoms. The van der Waals surface area contributed by atoms with Gasteiger partial charge in [0.15, 0.2) is 0 Å². The van der Waals surface area contributed by atoms with Gasteiger partial charge in [-0.05, 0) is 13.0 Å². The molecular formula is C9H12F3NO4. The van der Waals surface area contributed by atoms with E-state index in [-0.39, 0.29) is 19.5 Å². The average Bonchev–Trinajstić information content (AvgIpc) is 2.14. The zero-order valence-corrected chi connectivity index (χ0v) is 8.78. The van der Waals surface area contributed by atoms with E-state index in [0.717, 1.165) is 4.90 Å². The molecule has 1 aliphatic heterocycles. The summed E-state index contributed by atoms with van der Waals surface area (Å²) in [5.41, 5.74) is 0. The number of likely N-dealkylation sites (tertiary alicyclic amines) is 1. The molecule has 0 saturated carbocycles. The van der Waals surface area contributed by atoms with E-state index in [1.54, 1.807) is 0 Å². The molecule has 1 fully saturated rings. The molecule has 8 heteroatoms. The normalized spacial score (nSPS) is 26.8. The van der Waals surface area contributed by atoms with Crippen molar-refractivity contribution >= 4 is 11.9 Å². The molecule has 0 aliphatic carbocycles. The quantitative estimate of drug-likeness (QED) is 0.774. The van der Waals surface area contributed by atoms with Crippen LogP contribution in [0.4, 0.5) is 13.2 Å². The zero-order chi connectivity index (χ0) is 13.2. The number of piperidine rings is 1. The van der Waals surface area contributed by atoms with Crippen LogP contribution in [-0.4, -0.2) is 52.9 Å². The van der Waals surface area contributed by atoms with Crippen molar-refractivity contribution in [3.63, 3.8) is 0 Å². The molecule has 0 radical (unpaired) electrons. The van der Waals surface area contributed by atoms with Crippen LogP contribution in [-0.2, 0) is 9.59 Å². The molecule has 1 aliphatic rings. The fourth-order valence-electron chi connectivity index (χ4n) is 1.96. The highest BCUT2D eigenvalue weighted by Crippen LogP contribution is 2.27. The maximum atomic E-state index is 12.1. The molecule has 5 nitrogen and oxygen atoms in total. The first-order valence-electron chi connectivity index (χ1n) is 4.95. The van der Waals surface area contributed by atoms with E-state index in [0.29, 0.717) is 0 Å². The fourth-order valence-corrected chi connectivity index (χ4v) is 1.96. The molecule has 1 heterocycles. The summed E-state index contributed by atoms with van der Waals surface area (Å²) in [6, 6.07) is 0. The predicted molar refractivity (Wildman–Crippen MR) is 49.4 cm³/mol. The van der Waals surface area contributed by atoms with E-state index in [2.05, 4.69) is 0 Å². The van der Waals surface area contributed by atoms with Crippen LogP contribution in [0, 0.1) is 11.8 Å². The van der Waals surface area contributed by atoms with Gasteiger partial charge >= 0.3 is 18.1 Å². The highest BCUT2D eigenvalue weighted by Gasteiger charge is 2.41. The summed E-state index contributed by atoms with van der Waals surface area (Å²) >= 11 is 0. The highest BCUT2D eigenvalue weighted by molar-refractivity contribution is 5.80. The van der Waals surface area contributed by atoms with Gasteiger partial charge in [-0.15, -0.1) is 0 Å². The molecule has 0 aromatic carbocycles. The van der Waals surface area contributed by atoms with Gasteiger partial charge in [-0.25, -0.2) is 0 Å². The summed E-state index contributed by atoms with van der Waals surface area (Å²) < 4.78 is 36.4. The van der Waals surface area contributed by atoms with Gasteiger partial charge in [-0.1, -0.05) is 0 Å². The Morgan fingerprint density at radius 2 is 1.71 bits per heavy atom. The molecule has 2 atom stereocenters. The van der Waals surface area contributed by atoms with Gasteiger partial charge in [0.2, 0.25) is 0 Å². The third-order valence-electron chi connectivity index (χ3n) is 2.73. The molecule has 1 saturated heterocycles. The number of alkyl halides is 3. The molecule has 0 bridgehead atoms. The third-order valence-corrected chi connectivity index (χ3v) is 2.73. The van der Waals surface area contributed by atoms with Crippen molar-refractivity contribution in [1.29, 1.82) is 0 Å². The SMILES string of the molecule is O=C(O)C1CCN(CC(F)(F)F)CC1C(=O)O. The lowest BCUT2D eigenvalue weighted by atomic mass is 9.85. The second-order valence-electron chi connectivity index (χ2n) is 4.03. The fraction of sp³-hybridized carbons (Fsp3) is 0.778. The monoisotopic (exact) mass is 255 g/mol. The van der Waals surface area contributed by atoms with Crippen molar-refractivity contribution < 1.29 is 33.0 Å². The van der Waals surface area contributed by atoms with Gasteiger partial charge in [0.1, 0.15) is 0 Å². The number of halogens is 3. The molecule has 98 valence electrons. The standard InChI is InChI=1S/C9H12F3NO4/c10-9(11,12)4-13-2-1-5(7(14)15)6(3-13)8(16)17/h5-6H,1-4H2,(H,14,15)(H,16,17).